The van der Waals surface area contributed by atoms with E-state index in [9.17, 15) is 44.4 Å². The molecule has 0 saturated carbocycles. The number of rotatable bonds is 24. The SMILES string of the molecule is CCCCCCCC(=O)CCCCCCC=C[C@H](C(=O)N[C@@H](Cc1ccc(-c2cccc(Cl)c2)cc1)C(=O)O)[C@@](O)(CC(=O)O)C(=O)O. The molecular weight excluding hydrogens is 638 g/mol. The van der Waals surface area contributed by atoms with E-state index in [0.717, 1.165) is 62.1 Å². The van der Waals surface area contributed by atoms with Crippen LogP contribution in [-0.4, -0.2) is 61.7 Å². The number of aliphatic hydroxyl groups is 1. The van der Waals surface area contributed by atoms with E-state index in [0.29, 0.717) is 36.3 Å². The zero-order valence-corrected chi connectivity index (χ0v) is 28.3. The Hall–Kier alpha value is -4.02. The summed E-state index contributed by atoms with van der Waals surface area (Å²) >= 11 is 6.07. The molecule has 0 aliphatic carbocycles. The molecule has 11 heteroatoms. The van der Waals surface area contributed by atoms with Crippen LogP contribution >= 0.6 is 11.6 Å². The minimum absolute atomic E-state index is 0.154. The fourth-order valence-corrected chi connectivity index (χ4v) is 5.62. The highest BCUT2D eigenvalue weighted by molar-refractivity contribution is 6.30. The second kappa shape index (κ2) is 21.1. The molecule has 2 aromatic carbocycles. The summed E-state index contributed by atoms with van der Waals surface area (Å²) in [5.41, 5.74) is -0.764. The lowest BCUT2D eigenvalue weighted by atomic mass is 9.82. The van der Waals surface area contributed by atoms with Crippen molar-refractivity contribution in [3.05, 3.63) is 71.3 Å². The predicted octanol–water partition coefficient (Wildman–Crippen LogP) is 6.85. The molecule has 10 nitrogen and oxygen atoms in total. The normalized spacial score (nSPS) is 13.8. The highest BCUT2D eigenvalue weighted by Crippen LogP contribution is 2.26. The zero-order chi connectivity index (χ0) is 35.5. The lowest BCUT2D eigenvalue weighted by molar-refractivity contribution is -0.172. The van der Waals surface area contributed by atoms with E-state index in [-0.39, 0.29) is 12.2 Å². The molecule has 0 spiro atoms. The number of aliphatic carboxylic acids is 3. The smallest absolute Gasteiger partial charge is 0.337 e. The van der Waals surface area contributed by atoms with Crippen LogP contribution in [0.5, 0.6) is 0 Å². The van der Waals surface area contributed by atoms with E-state index in [1.54, 1.807) is 42.5 Å². The Kier molecular flexibility index (Phi) is 17.6. The number of halogens is 1. The predicted molar refractivity (Wildman–Crippen MR) is 184 cm³/mol. The summed E-state index contributed by atoms with van der Waals surface area (Å²) in [5.74, 6) is -7.70. The number of unbranched alkanes of at least 4 members (excludes halogenated alkanes) is 8. The van der Waals surface area contributed by atoms with Gasteiger partial charge in [-0.15, -0.1) is 0 Å². The van der Waals surface area contributed by atoms with E-state index in [4.69, 9.17) is 11.6 Å². The van der Waals surface area contributed by atoms with Crippen LogP contribution in [0.1, 0.15) is 96.0 Å². The van der Waals surface area contributed by atoms with Gasteiger partial charge in [-0.2, -0.15) is 0 Å². The Labute approximate surface area is 287 Å². The van der Waals surface area contributed by atoms with Crippen molar-refractivity contribution in [1.82, 2.24) is 5.32 Å². The first-order chi connectivity index (χ1) is 22.9. The lowest BCUT2D eigenvalue weighted by Gasteiger charge is -2.29. The van der Waals surface area contributed by atoms with Gasteiger partial charge in [0.05, 0.1) is 12.3 Å². The first kappa shape index (κ1) is 40.2. The first-order valence-electron chi connectivity index (χ1n) is 16.6. The van der Waals surface area contributed by atoms with Gasteiger partial charge in [0.15, 0.2) is 5.60 Å². The van der Waals surface area contributed by atoms with Crippen LogP contribution in [0.2, 0.25) is 5.02 Å². The third-order valence-electron chi connectivity index (χ3n) is 8.22. The van der Waals surface area contributed by atoms with Crippen molar-refractivity contribution >= 4 is 41.2 Å². The van der Waals surface area contributed by atoms with Crippen LogP contribution in [-0.2, 0) is 30.4 Å². The number of nitrogens with one attached hydrogen (secondary N) is 1. The van der Waals surface area contributed by atoms with Crippen LogP contribution in [0, 0.1) is 5.92 Å². The molecule has 0 bridgehead atoms. The highest BCUT2D eigenvalue weighted by atomic mass is 35.5. The van der Waals surface area contributed by atoms with E-state index in [2.05, 4.69) is 12.2 Å². The minimum Gasteiger partial charge on any atom is -0.481 e. The van der Waals surface area contributed by atoms with Gasteiger partial charge >= 0.3 is 17.9 Å². The quantitative estimate of drug-likeness (QED) is 0.0584. The molecule has 3 atom stereocenters. The molecule has 0 fully saturated rings. The van der Waals surface area contributed by atoms with Gasteiger partial charge in [0, 0.05) is 24.3 Å². The van der Waals surface area contributed by atoms with Gasteiger partial charge in [0.1, 0.15) is 11.8 Å². The van der Waals surface area contributed by atoms with E-state index in [1.165, 1.54) is 12.5 Å². The monoisotopic (exact) mass is 685 g/mol. The zero-order valence-electron chi connectivity index (χ0n) is 27.5. The van der Waals surface area contributed by atoms with E-state index >= 15 is 0 Å². The summed E-state index contributed by atoms with van der Waals surface area (Å²) in [7, 11) is 0. The second-order valence-corrected chi connectivity index (χ2v) is 12.6. The Balaban J connectivity index is 2.03. The molecule has 0 saturated heterocycles. The fourth-order valence-electron chi connectivity index (χ4n) is 5.43. The van der Waals surface area contributed by atoms with Gasteiger partial charge in [-0.05, 0) is 54.5 Å². The number of allylic oxidation sites excluding steroid dienone is 1. The fraction of sp³-hybridized carbons (Fsp3) is 0.486. The topological polar surface area (TPSA) is 178 Å². The standard InChI is InChI=1S/C37H48ClNO9/c1-2-3-4-7-10-16-30(40)17-11-8-5-6-9-12-18-31(37(48,36(46)47)25-33(41)42)34(43)39-32(35(44)45)23-26-19-21-27(22-20-26)28-14-13-15-29(38)24-28/h12-15,18-22,24,31-32,48H,2-11,16-17,23,25H2,1H3,(H,39,43)(H,41,42)(H,44,45)(H,46,47)/t31-,32+,37+/m1/s1. The van der Waals surface area contributed by atoms with Crippen LogP contribution in [0.15, 0.2) is 60.7 Å². The molecule has 0 aromatic heterocycles. The third kappa shape index (κ3) is 14.0. The summed E-state index contributed by atoms with van der Waals surface area (Å²) in [6.07, 6.45) is 11.3. The first-order valence-corrected chi connectivity index (χ1v) is 17.0. The van der Waals surface area contributed by atoms with Crippen molar-refractivity contribution in [2.75, 3.05) is 0 Å². The van der Waals surface area contributed by atoms with Crippen molar-refractivity contribution < 1.29 is 44.4 Å². The molecule has 48 heavy (non-hydrogen) atoms. The molecule has 2 aromatic rings. The van der Waals surface area contributed by atoms with Gasteiger partial charge in [0.25, 0.3) is 0 Å². The van der Waals surface area contributed by atoms with Gasteiger partial charge in [-0.3, -0.25) is 14.4 Å². The van der Waals surface area contributed by atoms with Crippen LogP contribution in [0.4, 0.5) is 0 Å². The summed E-state index contributed by atoms with van der Waals surface area (Å²) in [5, 5.41) is 42.8. The molecule has 0 aliphatic heterocycles. The maximum absolute atomic E-state index is 13.4. The summed E-state index contributed by atoms with van der Waals surface area (Å²) in [6.45, 7) is 2.15. The maximum Gasteiger partial charge on any atom is 0.337 e. The molecule has 0 heterocycles. The van der Waals surface area contributed by atoms with Crippen LogP contribution < -0.4 is 5.32 Å². The number of hydrogen-bond donors (Lipinski definition) is 5. The Morgan fingerprint density at radius 2 is 1.46 bits per heavy atom. The summed E-state index contributed by atoms with van der Waals surface area (Å²) in [6, 6.07) is 12.6. The average molecular weight is 686 g/mol. The Morgan fingerprint density at radius 3 is 2.02 bits per heavy atom. The van der Waals surface area contributed by atoms with Gasteiger partial charge in [0.2, 0.25) is 5.91 Å². The molecule has 0 radical (unpaired) electrons. The average Bonchev–Trinajstić information content (AvgIpc) is 3.03. The minimum atomic E-state index is -3.02. The molecule has 262 valence electrons. The second-order valence-electron chi connectivity index (χ2n) is 12.2. The van der Waals surface area contributed by atoms with Crippen molar-refractivity contribution in [3.63, 3.8) is 0 Å². The number of amides is 1. The molecule has 5 N–H and O–H groups in total. The molecule has 0 aliphatic rings. The number of Topliss-reactive ketones (excluding diaryl/α,β-unsaturated/α-hetero) is 1. The molecule has 2 rings (SSSR count). The molecule has 1 amide bonds. The number of benzene rings is 2. The Morgan fingerprint density at radius 1 is 0.833 bits per heavy atom. The van der Waals surface area contributed by atoms with Crippen molar-refractivity contribution in [1.29, 1.82) is 0 Å². The molecule has 0 unspecified atom stereocenters. The number of ketones is 1. The van der Waals surface area contributed by atoms with Crippen LogP contribution in [0.3, 0.4) is 0 Å². The van der Waals surface area contributed by atoms with E-state index in [1.807, 2.05) is 6.07 Å². The van der Waals surface area contributed by atoms with Gasteiger partial charge in [-0.1, -0.05) is 106 Å². The number of hydrogen-bond acceptors (Lipinski definition) is 6. The lowest BCUT2D eigenvalue weighted by Crippen LogP contribution is -2.55. The van der Waals surface area contributed by atoms with Gasteiger partial charge < -0.3 is 25.7 Å². The highest BCUT2D eigenvalue weighted by Gasteiger charge is 2.49. The van der Waals surface area contributed by atoms with E-state index < -0.39 is 47.8 Å². The van der Waals surface area contributed by atoms with Crippen molar-refractivity contribution in [3.8, 4) is 11.1 Å². The summed E-state index contributed by atoms with van der Waals surface area (Å²) in [4.78, 5) is 61.1. The number of carboxylic acid groups (broad SMARTS) is 3. The molecular formula is C37H48ClNO9. The largest absolute Gasteiger partial charge is 0.481 e. The van der Waals surface area contributed by atoms with Crippen molar-refractivity contribution in [2.24, 2.45) is 5.92 Å². The number of carbonyl (C=O) groups excluding carboxylic acids is 2. The number of carbonyl (C=O) groups is 5. The van der Waals surface area contributed by atoms with Gasteiger partial charge in [-0.25, -0.2) is 9.59 Å². The third-order valence-corrected chi connectivity index (χ3v) is 8.45. The number of carboxylic acids is 3. The van der Waals surface area contributed by atoms with Crippen molar-refractivity contribution in [2.45, 2.75) is 108 Å². The van der Waals surface area contributed by atoms with Crippen LogP contribution in [0.25, 0.3) is 11.1 Å². The Bertz CT molecular complexity index is 1390. The summed E-state index contributed by atoms with van der Waals surface area (Å²) < 4.78 is 0. The maximum atomic E-state index is 13.4.